The number of carbonyl (C=O) groups excluding carboxylic acids is 2. The summed E-state index contributed by atoms with van der Waals surface area (Å²) in [6.45, 7) is 2.91. The summed E-state index contributed by atoms with van der Waals surface area (Å²) < 4.78 is 29.2. The first-order chi connectivity index (χ1) is 11.4. The number of nitrogens with one attached hydrogen (secondary N) is 2. The fourth-order valence-electron chi connectivity index (χ4n) is 2.74. The SMILES string of the molecule is CC(=O)N1CC[NH+]([C@H](C)C(=O)Nc2ccccc2OC(F)F)CC1. The van der Waals surface area contributed by atoms with Crippen molar-refractivity contribution in [2.45, 2.75) is 26.5 Å². The number of piperazine rings is 1. The molecule has 0 aliphatic carbocycles. The lowest BCUT2D eigenvalue weighted by Gasteiger charge is -2.34. The van der Waals surface area contributed by atoms with E-state index in [1.807, 2.05) is 0 Å². The Hall–Kier alpha value is -2.22. The smallest absolute Gasteiger partial charge is 0.387 e. The zero-order valence-corrected chi connectivity index (χ0v) is 13.7. The van der Waals surface area contributed by atoms with Crippen LogP contribution in [0.2, 0.25) is 0 Å². The molecule has 1 aromatic rings. The summed E-state index contributed by atoms with van der Waals surface area (Å²) in [4.78, 5) is 26.6. The minimum Gasteiger partial charge on any atom is -0.433 e. The van der Waals surface area contributed by atoms with Crippen molar-refractivity contribution < 1.29 is 28.0 Å². The van der Waals surface area contributed by atoms with Crippen molar-refractivity contribution in [1.29, 1.82) is 0 Å². The number of rotatable bonds is 5. The molecular formula is C16H22F2N3O3+. The highest BCUT2D eigenvalue weighted by molar-refractivity contribution is 5.94. The fourth-order valence-corrected chi connectivity index (χ4v) is 2.74. The van der Waals surface area contributed by atoms with E-state index in [-0.39, 0.29) is 29.3 Å². The van der Waals surface area contributed by atoms with Crippen molar-refractivity contribution >= 4 is 17.5 Å². The van der Waals surface area contributed by atoms with Gasteiger partial charge in [0, 0.05) is 6.92 Å². The number of benzene rings is 1. The number of hydrogen-bond acceptors (Lipinski definition) is 3. The van der Waals surface area contributed by atoms with E-state index in [0.29, 0.717) is 26.2 Å². The number of ether oxygens (including phenoxy) is 1. The molecule has 1 aliphatic heterocycles. The molecule has 1 fully saturated rings. The van der Waals surface area contributed by atoms with E-state index >= 15 is 0 Å². The lowest BCUT2D eigenvalue weighted by atomic mass is 10.2. The van der Waals surface area contributed by atoms with Crippen molar-refractivity contribution in [3.8, 4) is 5.75 Å². The highest BCUT2D eigenvalue weighted by Gasteiger charge is 2.30. The monoisotopic (exact) mass is 342 g/mol. The summed E-state index contributed by atoms with van der Waals surface area (Å²) in [5, 5.41) is 2.65. The molecule has 6 nitrogen and oxygen atoms in total. The molecule has 132 valence electrons. The zero-order chi connectivity index (χ0) is 17.7. The minimum absolute atomic E-state index is 0.0317. The van der Waals surface area contributed by atoms with Crippen molar-refractivity contribution in [1.82, 2.24) is 4.90 Å². The van der Waals surface area contributed by atoms with Crippen LogP contribution in [0.5, 0.6) is 5.75 Å². The van der Waals surface area contributed by atoms with Gasteiger partial charge in [-0.1, -0.05) is 12.1 Å². The van der Waals surface area contributed by atoms with Gasteiger partial charge in [0.15, 0.2) is 6.04 Å². The number of halogens is 2. The molecule has 0 spiro atoms. The summed E-state index contributed by atoms with van der Waals surface area (Å²) in [5.74, 6) is -0.305. The van der Waals surface area contributed by atoms with Gasteiger partial charge in [-0.2, -0.15) is 8.78 Å². The van der Waals surface area contributed by atoms with Crippen LogP contribution < -0.4 is 15.0 Å². The number of amides is 2. The summed E-state index contributed by atoms with van der Waals surface area (Å²) in [5.41, 5.74) is 0.219. The van der Waals surface area contributed by atoms with Crippen LogP contribution in [0.25, 0.3) is 0 Å². The van der Waals surface area contributed by atoms with Gasteiger partial charge < -0.3 is 19.9 Å². The molecule has 0 unspecified atom stereocenters. The summed E-state index contributed by atoms with van der Waals surface area (Å²) in [6.07, 6.45) is 0. The Morgan fingerprint density at radius 2 is 1.88 bits per heavy atom. The Kier molecular flexibility index (Phi) is 6.08. The second kappa shape index (κ2) is 8.05. The summed E-state index contributed by atoms with van der Waals surface area (Å²) in [6, 6.07) is 5.73. The van der Waals surface area contributed by atoms with Crippen LogP contribution in [0.3, 0.4) is 0 Å². The van der Waals surface area contributed by atoms with Gasteiger partial charge in [0.1, 0.15) is 5.75 Å². The molecule has 24 heavy (non-hydrogen) atoms. The maximum absolute atomic E-state index is 12.4. The molecule has 1 saturated heterocycles. The second-order valence-corrected chi connectivity index (χ2v) is 5.75. The molecule has 2 rings (SSSR count). The molecule has 1 atom stereocenters. The first-order valence-corrected chi connectivity index (χ1v) is 7.83. The Morgan fingerprint density at radius 1 is 1.25 bits per heavy atom. The van der Waals surface area contributed by atoms with Crippen LogP contribution in [0.15, 0.2) is 24.3 Å². The predicted molar refractivity (Wildman–Crippen MR) is 84.1 cm³/mol. The topological polar surface area (TPSA) is 63.1 Å². The first-order valence-electron chi connectivity index (χ1n) is 7.83. The Bertz CT molecular complexity index is 590. The van der Waals surface area contributed by atoms with Crippen LogP contribution in [0.4, 0.5) is 14.5 Å². The number of para-hydroxylation sites is 2. The Balaban J connectivity index is 1.96. The third-order valence-corrected chi connectivity index (χ3v) is 4.22. The third-order valence-electron chi connectivity index (χ3n) is 4.22. The Labute approximate surface area is 139 Å². The van der Waals surface area contributed by atoms with Crippen molar-refractivity contribution in [2.24, 2.45) is 0 Å². The van der Waals surface area contributed by atoms with Gasteiger partial charge in [-0.3, -0.25) is 9.59 Å². The highest BCUT2D eigenvalue weighted by Crippen LogP contribution is 2.25. The molecule has 2 N–H and O–H groups in total. The van der Waals surface area contributed by atoms with Crippen molar-refractivity contribution in [3.63, 3.8) is 0 Å². The van der Waals surface area contributed by atoms with E-state index in [4.69, 9.17) is 0 Å². The number of alkyl halides is 2. The van der Waals surface area contributed by atoms with E-state index in [1.54, 1.807) is 24.0 Å². The fraction of sp³-hybridized carbons (Fsp3) is 0.500. The van der Waals surface area contributed by atoms with Crippen molar-refractivity contribution in [3.05, 3.63) is 24.3 Å². The van der Waals surface area contributed by atoms with Crippen LogP contribution in [0, 0.1) is 0 Å². The third kappa shape index (κ3) is 4.64. The van der Waals surface area contributed by atoms with E-state index < -0.39 is 6.61 Å². The average Bonchev–Trinajstić information content (AvgIpc) is 2.55. The number of hydrogen-bond donors (Lipinski definition) is 2. The van der Waals surface area contributed by atoms with Gasteiger partial charge in [-0.05, 0) is 19.1 Å². The van der Waals surface area contributed by atoms with Crippen LogP contribution in [0.1, 0.15) is 13.8 Å². The molecule has 0 radical (unpaired) electrons. The van der Waals surface area contributed by atoms with Gasteiger partial charge in [0.2, 0.25) is 5.91 Å². The normalized spacial score (nSPS) is 16.8. The minimum atomic E-state index is -2.95. The Morgan fingerprint density at radius 3 is 2.46 bits per heavy atom. The largest absolute Gasteiger partial charge is 0.433 e. The molecule has 1 heterocycles. The molecule has 1 aliphatic rings. The van der Waals surface area contributed by atoms with Crippen molar-refractivity contribution in [2.75, 3.05) is 31.5 Å². The van der Waals surface area contributed by atoms with E-state index in [1.165, 1.54) is 19.1 Å². The first kappa shape index (κ1) is 18.1. The maximum Gasteiger partial charge on any atom is 0.387 e. The van der Waals surface area contributed by atoms with Gasteiger partial charge in [0.05, 0.1) is 31.9 Å². The molecule has 0 saturated carbocycles. The van der Waals surface area contributed by atoms with Crippen LogP contribution >= 0.6 is 0 Å². The van der Waals surface area contributed by atoms with Crippen LogP contribution in [-0.2, 0) is 9.59 Å². The van der Waals surface area contributed by atoms with Gasteiger partial charge in [-0.25, -0.2) is 0 Å². The number of nitrogens with zero attached hydrogens (tertiary/aromatic N) is 1. The number of anilines is 1. The van der Waals surface area contributed by atoms with E-state index in [0.717, 1.165) is 4.90 Å². The predicted octanol–water partition coefficient (Wildman–Crippen LogP) is 0.362. The lowest BCUT2D eigenvalue weighted by Crippen LogP contribution is -3.19. The number of quaternary nitrogens is 1. The molecule has 2 amide bonds. The number of carbonyl (C=O) groups is 2. The summed E-state index contributed by atoms with van der Waals surface area (Å²) in [7, 11) is 0. The quantitative estimate of drug-likeness (QED) is 0.812. The standard InChI is InChI=1S/C16H21F2N3O3/c1-11(20-7-9-21(10-8-20)12(2)22)15(23)19-13-5-3-4-6-14(13)24-16(17)18/h3-6,11,16H,7-10H2,1-2H3,(H,19,23)/p+1/t11-/m1/s1. The summed E-state index contributed by atoms with van der Waals surface area (Å²) >= 11 is 0. The zero-order valence-electron chi connectivity index (χ0n) is 13.7. The van der Waals surface area contributed by atoms with E-state index in [2.05, 4.69) is 10.1 Å². The maximum atomic E-state index is 12.4. The molecule has 8 heteroatoms. The molecule has 0 bridgehead atoms. The molecular weight excluding hydrogens is 320 g/mol. The van der Waals surface area contributed by atoms with E-state index in [9.17, 15) is 18.4 Å². The lowest BCUT2D eigenvalue weighted by molar-refractivity contribution is -0.917. The second-order valence-electron chi connectivity index (χ2n) is 5.75. The van der Waals surface area contributed by atoms with Gasteiger partial charge in [-0.15, -0.1) is 0 Å². The average molecular weight is 342 g/mol. The van der Waals surface area contributed by atoms with Gasteiger partial charge >= 0.3 is 6.61 Å². The molecule has 0 aromatic heterocycles. The van der Waals surface area contributed by atoms with Crippen LogP contribution in [-0.4, -0.2) is 55.5 Å². The van der Waals surface area contributed by atoms with Gasteiger partial charge in [0.25, 0.3) is 5.91 Å². The highest BCUT2D eigenvalue weighted by atomic mass is 19.3. The molecule has 1 aromatic carbocycles.